The van der Waals surface area contributed by atoms with Gasteiger partial charge in [0.2, 0.25) is 5.91 Å². The molecule has 0 bridgehead atoms. The van der Waals surface area contributed by atoms with Gasteiger partial charge >= 0.3 is 0 Å². The molecule has 6 heteroatoms. The lowest BCUT2D eigenvalue weighted by molar-refractivity contribution is -0.116. The summed E-state index contributed by atoms with van der Waals surface area (Å²) in [5.74, 6) is 0.803. The lowest BCUT2D eigenvalue weighted by Gasteiger charge is -2.32. The molecule has 1 fully saturated rings. The topological polar surface area (TPSA) is 61.9 Å². The zero-order valence-corrected chi connectivity index (χ0v) is 19.7. The Morgan fingerprint density at radius 2 is 1.56 bits per heavy atom. The Kier molecular flexibility index (Phi) is 7.91. The third-order valence-corrected chi connectivity index (χ3v) is 5.74. The predicted molar refractivity (Wildman–Crippen MR) is 128 cm³/mol. The molecule has 1 heterocycles. The standard InChI is InChI=1S/C26H35N3O3/c1-26(2,3)21-9-13-23(14-10-21)32-19-5-6-24(30)27-22-11-7-20(8-12-22)25(31)29-17-15-28(4)16-18-29/h7-14H,5-6,15-19H2,1-4H3,(H,27,30). The minimum absolute atomic E-state index is 0.0451. The van der Waals surface area contributed by atoms with Gasteiger partial charge in [0.15, 0.2) is 0 Å². The number of hydrogen-bond acceptors (Lipinski definition) is 4. The SMILES string of the molecule is CN1CCN(C(=O)c2ccc(NC(=O)CCCOc3ccc(C(C)(C)C)cc3)cc2)CC1. The van der Waals surface area contributed by atoms with Crippen molar-refractivity contribution in [1.82, 2.24) is 9.80 Å². The van der Waals surface area contributed by atoms with Crippen LogP contribution in [0, 0.1) is 0 Å². The number of benzene rings is 2. The second kappa shape index (κ2) is 10.6. The smallest absolute Gasteiger partial charge is 0.253 e. The fourth-order valence-corrected chi connectivity index (χ4v) is 3.59. The molecule has 0 aromatic heterocycles. The lowest BCUT2D eigenvalue weighted by Crippen LogP contribution is -2.47. The number of nitrogens with zero attached hydrogens (tertiary/aromatic N) is 2. The van der Waals surface area contributed by atoms with Gasteiger partial charge in [-0.25, -0.2) is 0 Å². The van der Waals surface area contributed by atoms with Gasteiger partial charge in [-0.15, -0.1) is 0 Å². The number of rotatable bonds is 7. The first kappa shape index (κ1) is 23.8. The van der Waals surface area contributed by atoms with Crippen LogP contribution in [0.2, 0.25) is 0 Å². The number of carbonyl (C=O) groups excluding carboxylic acids is 2. The highest BCUT2D eigenvalue weighted by atomic mass is 16.5. The molecule has 0 radical (unpaired) electrons. The van der Waals surface area contributed by atoms with Crippen LogP contribution in [0.1, 0.15) is 49.5 Å². The van der Waals surface area contributed by atoms with Gasteiger partial charge < -0.3 is 19.9 Å². The molecule has 1 aliphatic rings. The van der Waals surface area contributed by atoms with E-state index in [1.165, 1.54) is 5.56 Å². The third kappa shape index (κ3) is 6.82. The number of anilines is 1. The molecule has 172 valence electrons. The molecule has 0 spiro atoms. The number of nitrogens with one attached hydrogen (secondary N) is 1. The van der Waals surface area contributed by atoms with Gasteiger partial charge in [0.05, 0.1) is 6.61 Å². The first-order valence-electron chi connectivity index (χ1n) is 11.3. The van der Waals surface area contributed by atoms with E-state index in [2.05, 4.69) is 50.2 Å². The Labute approximate surface area is 191 Å². The predicted octanol–water partition coefficient (Wildman–Crippen LogP) is 4.17. The van der Waals surface area contributed by atoms with E-state index in [1.54, 1.807) is 24.3 Å². The normalized spacial score (nSPS) is 14.8. The number of amides is 2. The van der Waals surface area contributed by atoms with Crippen molar-refractivity contribution in [3.8, 4) is 5.75 Å². The molecule has 0 saturated carbocycles. The molecule has 1 saturated heterocycles. The first-order valence-corrected chi connectivity index (χ1v) is 11.3. The highest BCUT2D eigenvalue weighted by molar-refractivity contribution is 5.95. The van der Waals surface area contributed by atoms with E-state index in [4.69, 9.17) is 4.74 Å². The van der Waals surface area contributed by atoms with Gasteiger partial charge in [-0.1, -0.05) is 32.9 Å². The molecule has 0 atom stereocenters. The maximum Gasteiger partial charge on any atom is 0.253 e. The van der Waals surface area contributed by atoms with Crippen LogP contribution in [-0.4, -0.2) is 61.4 Å². The Morgan fingerprint density at radius 1 is 0.938 bits per heavy atom. The van der Waals surface area contributed by atoms with E-state index in [9.17, 15) is 9.59 Å². The first-order chi connectivity index (χ1) is 15.2. The molecule has 0 aliphatic carbocycles. The summed E-state index contributed by atoms with van der Waals surface area (Å²) in [6.45, 7) is 10.3. The summed E-state index contributed by atoms with van der Waals surface area (Å²) >= 11 is 0. The summed E-state index contributed by atoms with van der Waals surface area (Å²) < 4.78 is 5.76. The molecule has 2 amide bonds. The fraction of sp³-hybridized carbons (Fsp3) is 0.462. The van der Waals surface area contributed by atoms with Crippen LogP contribution in [0.25, 0.3) is 0 Å². The second-order valence-electron chi connectivity index (χ2n) is 9.45. The molecule has 2 aromatic rings. The summed E-state index contributed by atoms with van der Waals surface area (Å²) in [5, 5.41) is 2.89. The van der Waals surface area contributed by atoms with Crippen LogP contribution < -0.4 is 10.1 Å². The fourth-order valence-electron chi connectivity index (χ4n) is 3.59. The lowest BCUT2D eigenvalue weighted by atomic mass is 9.87. The van der Waals surface area contributed by atoms with Crippen molar-refractivity contribution in [2.75, 3.05) is 45.2 Å². The number of carbonyl (C=O) groups is 2. The van der Waals surface area contributed by atoms with Gasteiger partial charge in [0.25, 0.3) is 5.91 Å². The zero-order valence-electron chi connectivity index (χ0n) is 19.7. The largest absolute Gasteiger partial charge is 0.494 e. The molecule has 0 unspecified atom stereocenters. The van der Waals surface area contributed by atoms with Crippen LogP contribution in [0.15, 0.2) is 48.5 Å². The summed E-state index contributed by atoms with van der Waals surface area (Å²) in [4.78, 5) is 28.9. The highest BCUT2D eigenvalue weighted by Gasteiger charge is 2.20. The van der Waals surface area contributed by atoms with Crippen molar-refractivity contribution in [3.05, 3.63) is 59.7 Å². The summed E-state index contributed by atoms with van der Waals surface area (Å²) in [6, 6.07) is 15.3. The van der Waals surface area contributed by atoms with E-state index in [1.807, 2.05) is 17.0 Å². The summed E-state index contributed by atoms with van der Waals surface area (Å²) in [5.41, 5.74) is 2.73. The van der Waals surface area contributed by atoms with Crippen molar-refractivity contribution in [2.24, 2.45) is 0 Å². The van der Waals surface area contributed by atoms with E-state index in [0.717, 1.165) is 31.9 Å². The van der Waals surface area contributed by atoms with Gasteiger partial charge in [-0.3, -0.25) is 9.59 Å². The number of likely N-dealkylation sites (N-methyl/N-ethyl adjacent to an activating group) is 1. The van der Waals surface area contributed by atoms with Crippen LogP contribution in [0.4, 0.5) is 5.69 Å². The molecular weight excluding hydrogens is 402 g/mol. The van der Waals surface area contributed by atoms with E-state index < -0.39 is 0 Å². The number of piperazine rings is 1. The molecule has 1 N–H and O–H groups in total. The monoisotopic (exact) mass is 437 g/mol. The molecular formula is C26H35N3O3. The maximum absolute atomic E-state index is 12.6. The van der Waals surface area contributed by atoms with Crippen molar-refractivity contribution < 1.29 is 14.3 Å². The van der Waals surface area contributed by atoms with Gasteiger partial charge in [0, 0.05) is 43.9 Å². The van der Waals surface area contributed by atoms with E-state index >= 15 is 0 Å². The maximum atomic E-state index is 12.6. The third-order valence-electron chi connectivity index (χ3n) is 5.74. The van der Waals surface area contributed by atoms with E-state index in [-0.39, 0.29) is 17.2 Å². The zero-order chi connectivity index (χ0) is 23.1. The minimum Gasteiger partial charge on any atom is -0.494 e. The number of ether oxygens (including phenoxy) is 1. The Hall–Kier alpha value is -2.86. The van der Waals surface area contributed by atoms with Gasteiger partial charge in [-0.2, -0.15) is 0 Å². The van der Waals surface area contributed by atoms with Crippen LogP contribution in [-0.2, 0) is 10.2 Å². The van der Waals surface area contributed by atoms with Gasteiger partial charge in [-0.05, 0) is 60.8 Å². The summed E-state index contributed by atoms with van der Waals surface area (Å²) in [6.07, 6.45) is 1.01. The quantitative estimate of drug-likeness (QED) is 0.661. The van der Waals surface area contributed by atoms with Crippen molar-refractivity contribution in [2.45, 2.75) is 39.0 Å². The molecule has 32 heavy (non-hydrogen) atoms. The Bertz CT molecular complexity index is 893. The summed E-state index contributed by atoms with van der Waals surface area (Å²) in [7, 11) is 2.07. The molecule has 2 aromatic carbocycles. The van der Waals surface area contributed by atoms with Crippen molar-refractivity contribution in [3.63, 3.8) is 0 Å². The average Bonchev–Trinajstić information content (AvgIpc) is 2.77. The van der Waals surface area contributed by atoms with Crippen LogP contribution >= 0.6 is 0 Å². The Morgan fingerprint density at radius 3 is 2.16 bits per heavy atom. The average molecular weight is 438 g/mol. The van der Waals surface area contributed by atoms with Crippen molar-refractivity contribution in [1.29, 1.82) is 0 Å². The van der Waals surface area contributed by atoms with Crippen LogP contribution in [0.5, 0.6) is 5.75 Å². The van der Waals surface area contributed by atoms with Crippen LogP contribution in [0.3, 0.4) is 0 Å². The number of hydrogen-bond donors (Lipinski definition) is 1. The van der Waals surface area contributed by atoms with Gasteiger partial charge in [0.1, 0.15) is 5.75 Å². The van der Waals surface area contributed by atoms with Crippen molar-refractivity contribution >= 4 is 17.5 Å². The minimum atomic E-state index is -0.0603. The second-order valence-corrected chi connectivity index (χ2v) is 9.45. The Balaban J connectivity index is 1.39. The van der Waals surface area contributed by atoms with E-state index in [0.29, 0.717) is 30.7 Å². The molecule has 6 nitrogen and oxygen atoms in total. The molecule has 3 rings (SSSR count). The molecule has 1 aliphatic heterocycles. The highest BCUT2D eigenvalue weighted by Crippen LogP contribution is 2.24.